The Morgan fingerprint density at radius 2 is 2.06 bits per heavy atom. The Bertz CT molecular complexity index is 347. The van der Waals surface area contributed by atoms with Gasteiger partial charge in [-0.15, -0.1) is 12.4 Å². The van der Waals surface area contributed by atoms with Crippen molar-refractivity contribution >= 4 is 12.4 Å². The van der Waals surface area contributed by atoms with Gasteiger partial charge in [-0.05, 0) is 12.0 Å². The van der Waals surface area contributed by atoms with Gasteiger partial charge in [0.2, 0.25) is 0 Å². The second-order valence-corrected chi connectivity index (χ2v) is 4.58. The summed E-state index contributed by atoms with van der Waals surface area (Å²) >= 11 is 0. The number of morpholine rings is 1. The molecule has 0 aliphatic carbocycles. The zero-order valence-electron chi connectivity index (χ0n) is 9.67. The fraction of sp³-hybridized carbons (Fsp3) is 0.538. The number of fused-ring (bicyclic) bond motifs is 2. The lowest BCUT2D eigenvalue weighted by molar-refractivity contribution is 0.00801. The lowest BCUT2D eigenvalue weighted by Gasteiger charge is -2.23. The van der Waals surface area contributed by atoms with Crippen LogP contribution in [0.25, 0.3) is 0 Å². The number of benzene rings is 1. The van der Waals surface area contributed by atoms with Crippen LogP contribution in [0.1, 0.15) is 12.0 Å². The quantitative estimate of drug-likeness (QED) is 0.893. The number of rotatable bonds is 3. The molecular formula is C13H18ClNO2. The van der Waals surface area contributed by atoms with Crippen molar-refractivity contribution in [3.05, 3.63) is 35.9 Å². The van der Waals surface area contributed by atoms with Crippen LogP contribution in [-0.2, 0) is 16.1 Å². The van der Waals surface area contributed by atoms with E-state index in [0.717, 1.165) is 19.6 Å². The minimum Gasteiger partial charge on any atom is -0.378 e. The third kappa shape index (κ3) is 2.99. The molecule has 0 spiro atoms. The third-order valence-corrected chi connectivity index (χ3v) is 3.34. The molecule has 1 aromatic carbocycles. The van der Waals surface area contributed by atoms with E-state index in [9.17, 15) is 0 Å². The Morgan fingerprint density at radius 1 is 1.24 bits per heavy atom. The maximum absolute atomic E-state index is 5.96. The first-order valence-corrected chi connectivity index (χ1v) is 5.91. The fourth-order valence-electron chi connectivity index (χ4n) is 2.49. The lowest BCUT2D eigenvalue weighted by atomic mass is 10.1. The molecule has 2 heterocycles. The normalized spacial score (nSPS) is 30.9. The monoisotopic (exact) mass is 255 g/mol. The molecule has 1 aromatic rings. The van der Waals surface area contributed by atoms with E-state index in [1.54, 1.807) is 0 Å². The molecule has 0 amide bonds. The van der Waals surface area contributed by atoms with Crippen molar-refractivity contribution in [1.82, 2.24) is 5.32 Å². The average Bonchev–Trinajstić information content (AvgIpc) is 2.63. The number of ether oxygens (including phenoxy) is 2. The van der Waals surface area contributed by atoms with Crippen LogP contribution in [-0.4, -0.2) is 31.4 Å². The van der Waals surface area contributed by atoms with E-state index in [1.165, 1.54) is 5.56 Å². The molecule has 94 valence electrons. The highest BCUT2D eigenvalue weighted by molar-refractivity contribution is 5.85. The Hall–Kier alpha value is -0.610. The van der Waals surface area contributed by atoms with Gasteiger partial charge in [0.15, 0.2) is 0 Å². The first-order chi connectivity index (χ1) is 7.92. The Balaban J connectivity index is 0.00000108. The van der Waals surface area contributed by atoms with E-state index in [1.807, 2.05) is 18.2 Å². The van der Waals surface area contributed by atoms with E-state index < -0.39 is 0 Å². The van der Waals surface area contributed by atoms with Gasteiger partial charge in [-0.3, -0.25) is 0 Å². The molecule has 4 heteroatoms. The fourth-order valence-corrected chi connectivity index (χ4v) is 2.49. The van der Waals surface area contributed by atoms with Crippen molar-refractivity contribution in [3.8, 4) is 0 Å². The molecule has 3 atom stereocenters. The van der Waals surface area contributed by atoms with Crippen LogP contribution in [0.3, 0.4) is 0 Å². The standard InChI is InChI=1S/C13H17NO2.ClH/c1-2-4-10(5-3-1)7-16-13-6-11-8-15-9-12(13)14-11;/h1-5,11-14H,6-9H2;1H. The van der Waals surface area contributed by atoms with Gasteiger partial charge in [-0.2, -0.15) is 0 Å². The summed E-state index contributed by atoms with van der Waals surface area (Å²) in [6.45, 7) is 2.33. The summed E-state index contributed by atoms with van der Waals surface area (Å²) in [5, 5.41) is 3.53. The predicted octanol–water partition coefficient (Wildman–Crippen LogP) is 1.75. The summed E-state index contributed by atoms with van der Waals surface area (Å²) in [7, 11) is 0. The topological polar surface area (TPSA) is 30.5 Å². The van der Waals surface area contributed by atoms with Crippen LogP contribution in [0.5, 0.6) is 0 Å². The van der Waals surface area contributed by atoms with Gasteiger partial charge in [-0.1, -0.05) is 30.3 Å². The van der Waals surface area contributed by atoms with Gasteiger partial charge in [0.25, 0.3) is 0 Å². The number of nitrogens with one attached hydrogen (secondary N) is 1. The third-order valence-electron chi connectivity index (χ3n) is 3.34. The molecule has 3 unspecified atom stereocenters. The smallest absolute Gasteiger partial charge is 0.0770 e. The number of hydrogen-bond donors (Lipinski definition) is 1. The first-order valence-electron chi connectivity index (χ1n) is 5.91. The van der Waals surface area contributed by atoms with Crippen molar-refractivity contribution in [2.45, 2.75) is 31.2 Å². The summed E-state index contributed by atoms with van der Waals surface area (Å²) in [4.78, 5) is 0. The second kappa shape index (κ2) is 5.83. The van der Waals surface area contributed by atoms with Gasteiger partial charge < -0.3 is 14.8 Å². The molecule has 2 aliphatic rings. The number of hydrogen-bond acceptors (Lipinski definition) is 3. The SMILES string of the molecule is Cl.c1ccc(COC2CC3COCC2N3)cc1. The maximum atomic E-state index is 5.96. The Morgan fingerprint density at radius 3 is 2.82 bits per heavy atom. The molecule has 3 nitrogen and oxygen atoms in total. The first kappa shape index (κ1) is 12.8. The van der Waals surface area contributed by atoms with Crippen molar-refractivity contribution in [2.24, 2.45) is 0 Å². The highest BCUT2D eigenvalue weighted by atomic mass is 35.5. The molecule has 17 heavy (non-hydrogen) atoms. The molecular weight excluding hydrogens is 238 g/mol. The highest BCUT2D eigenvalue weighted by Crippen LogP contribution is 2.22. The molecule has 0 saturated carbocycles. The van der Waals surface area contributed by atoms with E-state index >= 15 is 0 Å². The van der Waals surface area contributed by atoms with Gasteiger partial charge in [0.1, 0.15) is 0 Å². The van der Waals surface area contributed by atoms with Crippen LogP contribution < -0.4 is 5.32 Å². The highest BCUT2D eigenvalue weighted by Gasteiger charge is 2.37. The summed E-state index contributed by atoms with van der Waals surface area (Å²) in [5.41, 5.74) is 1.24. The van der Waals surface area contributed by atoms with Crippen molar-refractivity contribution < 1.29 is 9.47 Å². The molecule has 0 radical (unpaired) electrons. The van der Waals surface area contributed by atoms with Crippen molar-refractivity contribution in [2.75, 3.05) is 13.2 Å². The van der Waals surface area contributed by atoms with Gasteiger partial charge >= 0.3 is 0 Å². The van der Waals surface area contributed by atoms with E-state index in [0.29, 0.717) is 24.8 Å². The molecule has 2 bridgehead atoms. The summed E-state index contributed by atoms with van der Waals surface area (Å²) in [5.74, 6) is 0. The van der Waals surface area contributed by atoms with Crippen molar-refractivity contribution in [3.63, 3.8) is 0 Å². The molecule has 2 fully saturated rings. The van der Waals surface area contributed by atoms with Crippen molar-refractivity contribution in [1.29, 1.82) is 0 Å². The van der Waals surface area contributed by atoms with Crippen LogP contribution in [0, 0.1) is 0 Å². The van der Waals surface area contributed by atoms with E-state index in [2.05, 4.69) is 17.4 Å². The molecule has 1 N–H and O–H groups in total. The summed E-state index contributed by atoms with van der Waals surface area (Å²) < 4.78 is 11.5. The molecule has 2 aliphatic heterocycles. The largest absolute Gasteiger partial charge is 0.378 e. The van der Waals surface area contributed by atoms with E-state index in [4.69, 9.17) is 9.47 Å². The lowest BCUT2D eigenvalue weighted by Crippen LogP contribution is -2.44. The molecule has 2 saturated heterocycles. The van der Waals surface area contributed by atoms with E-state index in [-0.39, 0.29) is 12.4 Å². The summed E-state index contributed by atoms with van der Waals surface area (Å²) in [6, 6.07) is 11.2. The predicted molar refractivity (Wildman–Crippen MR) is 68.4 cm³/mol. The average molecular weight is 256 g/mol. The van der Waals surface area contributed by atoms with Crippen LogP contribution >= 0.6 is 12.4 Å². The van der Waals surface area contributed by atoms with Crippen LogP contribution in [0.15, 0.2) is 30.3 Å². The molecule has 3 rings (SSSR count). The number of halogens is 1. The van der Waals surface area contributed by atoms with Gasteiger partial charge in [0.05, 0.1) is 32.0 Å². The second-order valence-electron chi connectivity index (χ2n) is 4.58. The molecule has 0 aromatic heterocycles. The maximum Gasteiger partial charge on any atom is 0.0770 e. The zero-order valence-corrected chi connectivity index (χ0v) is 10.5. The zero-order chi connectivity index (χ0) is 10.8. The van der Waals surface area contributed by atoms with Crippen LogP contribution in [0.4, 0.5) is 0 Å². The van der Waals surface area contributed by atoms with Crippen LogP contribution in [0.2, 0.25) is 0 Å². The minimum absolute atomic E-state index is 0. The van der Waals surface area contributed by atoms with Gasteiger partial charge in [0, 0.05) is 6.04 Å². The minimum atomic E-state index is 0. The summed E-state index contributed by atoms with van der Waals surface area (Å²) in [6.07, 6.45) is 1.39. The Kier molecular flexibility index (Phi) is 4.40. The Labute approximate surface area is 108 Å². The van der Waals surface area contributed by atoms with Gasteiger partial charge in [-0.25, -0.2) is 0 Å².